The van der Waals surface area contributed by atoms with Crippen LogP contribution in [0.2, 0.25) is 0 Å². The summed E-state index contributed by atoms with van der Waals surface area (Å²) in [7, 11) is 1.33. The lowest BCUT2D eigenvalue weighted by Gasteiger charge is -2.23. The van der Waals surface area contributed by atoms with Gasteiger partial charge in [0.2, 0.25) is 0 Å². The molecule has 1 aromatic carbocycles. The van der Waals surface area contributed by atoms with Crippen molar-refractivity contribution >= 4 is 17.6 Å². The maximum Gasteiger partial charge on any atom is 0.328 e. The van der Waals surface area contributed by atoms with Crippen molar-refractivity contribution in [2.24, 2.45) is 5.92 Å². The van der Waals surface area contributed by atoms with Crippen LogP contribution in [-0.2, 0) is 16.0 Å². The molecule has 1 aliphatic heterocycles. The number of amides is 1. The Morgan fingerprint density at radius 2 is 2.10 bits per heavy atom. The summed E-state index contributed by atoms with van der Waals surface area (Å²) in [5.74, 6) is -0.667. The van der Waals surface area contributed by atoms with Crippen molar-refractivity contribution in [2.45, 2.75) is 32.7 Å². The van der Waals surface area contributed by atoms with Gasteiger partial charge < -0.3 is 15.4 Å². The second-order valence-electron chi connectivity index (χ2n) is 5.58. The summed E-state index contributed by atoms with van der Waals surface area (Å²) in [5.41, 5.74) is 2.66. The van der Waals surface area contributed by atoms with E-state index < -0.39 is 12.0 Å². The van der Waals surface area contributed by atoms with Gasteiger partial charge in [0.1, 0.15) is 6.04 Å². The third-order valence-electron chi connectivity index (χ3n) is 3.75. The highest BCUT2D eigenvalue weighted by Gasteiger charge is 2.27. The van der Waals surface area contributed by atoms with E-state index in [0.29, 0.717) is 5.56 Å². The van der Waals surface area contributed by atoms with Crippen LogP contribution in [0.1, 0.15) is 36.2 Å². The number of benzene rings is 1. The van der Waals surface area contributed by atoms with Gasteiger partial charge in [-0.25, -0.2) is 4.79 Å². The van der Waals surface area contributed by atoms with Crippen LogP contribution >= 0.6 is 0 Å². The fraction of sp³-hybridized carbons (Fsp3) is 0.500. The van der Waals surface area contributed by atoms with Gasteiger partial charge in [0.25, 0.3) is 5.91 Å². The quantitative estimate of drug-likeness (QED) is 0.832. The first-order valence-corrected chi connectivity index (χ1v) is 7.29. The summed E-state index contributed by atoms with van der Waals surface area (Å²) >= 11 is 0. The number of methoxy groups -OCH3 is 1. The topological polar surface area (TPSA) is 67.4 Å². The molecule has 1 heterocycles. The van der Waals surface area contributed by atoms with E-state index in [1.54, 1.807) is 6.07 Å². The van der Waals surface area contributed by atoms with Gasteiger partial charge in [0, 0.05) is 17.8 Å². The van der Waals surface area contributed by atoms with Crippen molar-refractivity contribution in [3.05, 3.63) is 29.3 Å². The third-order valence-corrected chi connectivity index (χ3v) is 3.75. The third kappa shape index (κ3) is 3.35. The summed E-state index contributed by atoms with van der Waals surface area (Å²) in [5, 5.41) is 6.09. The first-order valence-electron chi connectivity index (χ1n) is 7.29. The lowest BCUT2D eigenvalue weighted by molar-refractivity contribution is -0.144. The van der Waals surface area contributed by atoms with Gasteiger partial charge in [0.05, 0.1) is 7.11 Å². The Morgan fingerprint density at radius 3 is 2.76 bits per heavy atom. The molecule has 1 unspecified atom stereocenters. The fourth-order valence-electron chi connectivity index (χ4n) is 2.57. The molecule has 21 heavy (non-hydrogen) atoms. The summed E-state index contributed by atoms with van der Waals surface area (Å²) in [6.07, 6.45) is 1.87. The Bertz CT molecular complexity index is 540. The standard InChI is InChI=1S/C16H22N2O3/c1-10(2)14(16(20)21-3)18-15(19)12-6-4-8-13-11(12)7-5-9-17-13/h4,6,8,10,14,17H,5,7,9H2,1-3H3,(H,18,19). The summed E-state index contributed by atoms with van der Waals surface area (Å²) in [4.78, 5) is 24.3. The molecule has 0 radical (unpaired) electrons. The number of ether oxygens (including phenoxy) is 1. The number of carbonyl (C=O) groups is 2. The molecule has 5 heteroatoms. The number of rotatable bonds is 4. The van der Waals surface area contributed by atoms with Crippen LogP contribution in [0.5, 0.6) is 0 Å². The number of anilines is 1. The van der Waals surface area contributed by atoms with E-state index in [2.05, 4.69) is 10.6 Å². The zero-order valence-corrected chi connectivity index (χ0v) is 12.7. The van der Waals surface area contributed by atoms with Crippen LogP contribution < -0.4 is 10.6 Å². The van der Waals surface area contributed by atoms with Crippen LogP contribution in [0.4, 0.5) is 5.69 Å². The van der Waals surface area contributed by atoms with E-state index in [0.717, 1.165) is 30.6 Å². The van der Waals surface area contributed by atoms with Crippen LogP contribution in [0.3, 0.4) is 0 Å². The van der Waals surface area contributed by atoms with Crippen molar-refractivity contribution in [3.8, 4) is 0 Å². The van der Waals surface area contributed by atoms with Gasteiger partial charge in [0.15, 0.2) is 0 Å². The Kier molecular flexibility index (Phi) is 4.83. The Hall–Kier alpha value is -2.04. The van der Waals surface area contributed by atoms with Crippen LogP contribution in [0, 0.1) is 5.92 Å². The molecule has 2 rings (SSSR count). The van der Waals surface area contributed by atoms with Crippen molar-refractivity contribution in [3.63, 3.8) is 0 Å². The minimum Gasteiger partial charge on any atom is -0.467 e. The Balaban J connectivity index is 2.22. The zero-order chi connectivity index (χ0) is 15.4. The number of nitrogens with one attached hydrogen (secondary N) is 2. The van der Waals surface area contributed by atoms with Crippen molar-refractivity contribution < 1.29 is 14.3 Å². The van der Waals surface area contributed by atoms with Crippen molar-refractivity contribution in [2.75, 3.05) is 19.0 Å². The molecule has 1 aromatic rings. The van der Waals surface area contributed by atoms with Gasteiger partial charge in [-0.2, -0.15) is 0 Å². The molecule has 0 spiro atoms. The molecule has 1 atom stereocenters. The van der Waals surface area contributed by atoms with E-state index in [-0.39, 0.29) is 11.8 Å². The van der Waals surface area contributed by atoms with E-state index in [4.69, 9.17) is 4.74 Å². The van der Waals surface area contributed by atoms with Gasteiger partial charge >= 0.3 is 5.97 Å². The molecule has 2 N–H and O–H groups in total. The lowest BCUT2D eigenvalue weighted by Crippen LogP contribution is -2.45. The van der Waals surface area contributed by atoms with Gasteiger partial charge in [-0.05, 0) is 36.5 Å². The van der Waals surface area contributed by atoms with Gasteiger partial charge in [-0.15, -0.1) is 0 Å². The highest BCUT2D eigenvalue weighted by atomic mass is 16.5. The SMILES string of the molecule is COC(=O)C(NC(=O)c1cccc2c1CCCN2)C(C)C. The molecule has 1 amide bonds. The molecule has 0 fully saturated rings. The highest BCUT2D eigenvalue weighted by Crippen LogP contribution is 2.25. The molecule has 0 bridgehead atoms. The van der Waals surface area contributed by atoms with Gasteiger partial charge in [-0.3, -0.25) is 4.79 Å². The summed E-state index contributed by atoms with van der Waals surface area (Å²) < 4.78 is 4.76. The minimum atomic E-state index is -0.630. The Morgan fingerprint density at radius 1 is 1.33 bits per heavy atom. The minimum absolute atomic E-state index is 0.0286. The first kappa shape index (κ1) is 15.4. The van der Waals surface area contributed by atoms with Gasteiger partial charge in [-0.1, -0.05) is 19.9 Å². The molecule has 0 saturated carbocycles. The van der Waals surface area contributed by atoms with E-state index in [9.17, 15) is 9.59 Å². The molecular weight excluding hydrogens is 268 g/mol. The second-order valence-corrected chi connectivity index (χ2v) is 5.58. The Labute approximate surface area is 125 Å². The first-order chi connectivity index (χ1) is 10.0. The maximum atomic E-state index is 12.5. The molecule has 114 valence electrons. The maximum absolute atomic E-state index is 12.5. The van der Waals surface area contributed by atoms with E-state index >= 15 is 0 Å². The average Bonchev–Trinajstić information content (AvgIpc) is 2.50. The monoisotopic (exact) mass is 290 g/mol. The van der Waals surface area contributed by atoms with Crippen molar-refractivity contribution in [1.82, 2.24) is 5.32 Å². The molecule has 0 saturated heterocycles. The average molecular weight is 290 g/mol. The van der Waals surface area contributed by atoms with E-state index in [1.807, 2.05) is 26.0 Å². The fourth-order valence-corrected chi connectivity index (χ4v) is 2.57. The number of hydrogen-bond acceptors (Lipinski definition) is 4. The summed E-state index contributed by atoms with van der Waals surface area (Å²) in [6.45, 7) is 4.68. The molecule has 5 nitrogen and oxygen atoms in total. The van der Waals surface area contributed by atoms with Crippen molar-refractivity contribution in [1.29, 1.82) is 0 Å². The molecule has 0 aromatic heterocycles. The number of carbonyl (C=O) groups excluding carboxylic acids is 2. The summed E-state index contributed by atoms with van der Waals surface area (Å²) in [6, 6.07) is 5.01. The number of esters is 1. The van der Waals surface area contributed by atoms with E-state index in [1.165, 1.54) is 7.11 Å². The smallest absolute Gasteiger partial charge is 0.328 e. The largest absolute Gasteiger partial charge is 0.467 e. The second kappa shape index (κ2) is 6.61. The van der Waals surface area contributed by atoms with Crippen LogP contribution in [0.25, 0.3) is 0 Å². The highest BCUT2D eigenvalue weighted by molar-refractivity contribution is 5.99. The predicted molar refractivity (Wildman–Crippen MR) is 81.4 cm³/mol. The normalized spacial score (nSPS) is 14.9. The zero-order valence-electron chi connectivity index (χ0n) is 12.7. The molecular formula is C16H22N2O3. The predicted octanol–water partition coefficient (Wildman–Crippen LogP) is 1.97. The number of fused-ring (bicyclic) bond motifs is 1. The number of hydrogen-bond donors (Lipinski definition) is 2. The van der Waals surface area contributed by atoms with Crippen LogP contribution in [-0.4, -0.2) is 31.6 Å². The molecule has 0 aliphatic carbocycles. The molecule has 1 aliphatic rings. The lowest BCUT2D eigenvalue weighted by atomic mass is 9.96. The van der Waals surface area contributed by atoms with Crippen LogP contribution in [0.15, 0.2) is 18.2 Å².